The zero-order valence-electron chi connectivity index (χ0n) is 12.6. The molecule has 1 amide bonds. The molecular weight excluding hydrogens is 242 g/mol. The molecule has 1 aliphatic rings. The summed E-state index contributed by atoms with van der Waals surface area (Å²) in [6.07, 6.45) is 3.65. The summed E-state index contributed by atoms with van der Waals surface area (Å²) >= 11 is 0. The number of carbonyl (C=O) groups excluding carboxylic acids is 2. The maximum atomic E-state index is 12.5. The van der Waals surface area contributed by atoms with Crippen LogP contribution in [0.2, 0.25) is 0 Å². The van der Waals surface area contributed by atoms with Gasteiger partial charge in [-0.05, 0) is 40.8 Å². The third kappa shape index (κ3) is 4.28. The van der Waals surface area contributed by atoms with E-state index in [-0.39, 0.29) is 29.6 Å². The van der Waals surface area contributed by atoms with Crippen LogP contribution in [0.15, 0.2) is 0 Å². The largest absolute Gasteiger partial charge is 0.307 e. The van der Waals surface area contributed by atoms with Crippen LogP contribution in [0.4, 0.5) is 0 Å². The van der Waals surface area contributed by atoms with Crippen molar-refractivity contribution in [2.45, 2.75) is 45.6 Å². The molecule has 5 nitrogen and oxygen atoms in total. The number of ketones is 1. The smallest absolute Gasteiger partial charge is 0.240 e. The Bertz CT molecular complexity index is 331. The van der Waals surface area contributed by atoms with Crippen LogP contribution in [-0.2, 0) is 9.59 Å². The first-order chi connectivity index (χ1) is 8.84. The van der Waals surface area contributed by atoms with Gasteiger partial charge in [0.2, 0.25) is 5.91 Å². The molecule has 3 atom stereocenters. The quantitative estimate of drug-likeness (QED) is 0.460. The Morgan fingerprint density at radius 2 is 1.74 bits per heavy atom. The van der Waals surface area contributed by atoms with Crippen molar-refractivity contribution < 1.29 is 9.59 Å². The molecule has 0 saturated heterocycles. The third-order valence-electron chi connectivity index (χ3n) is 3.96. The highest BCUT2D eigenvalue weighted by molar-refractivity contribution is 5.87. The first-order valence-corrected chi connectivity index (χ1v) is 7.07. The van der Waals surface area contributed by atoms with E-state index >= 15 is 0 Å². The summed E-state index contributed by atoms with van der Waals surface area (Å²) in [6, 6.07) is -0.0444. The standard InChI is InChI=1S/C14H27N3O2/c1-10(9-16(3)4)17(15)14(19)13-8-6-5-7-12(13)11(2)18/h10,12-13H,5-9,15H2,1-4H3/t10?,12-,13-/m1/s1. The summed E-state index contributed by atoms with van der Waals surface area (Å²) in [6.45, 7) is 4.24. The van der Waals surface area contributed by atoms with Crippen LogP contribution in [0.25, 0.3) is 0 Å². The second-order valence-corrected chi connectivity index (χ2v) is 5.96. The molecule has 110 valence electrons. The van der Waals surface area contributed by atoms with Gasteiger partial charge in [-0.15, -0.1) is 0 Å². The normalized spacial score (nSPS) is 25.2. The van der Waals surface area contributed by atoms with Crippen molar-refractivity contribution in [2.24, 2.45) is 17.7 Å². The molecule has 1 aliphatic carbocycles. The van der Waals surface area contributed by atoms with Gasteiger partial charge in [-0.25, -0.2) is 5.84 Å². The fourth-order valence-corrected chi connectivity index (χ4v) is 2.94. The predicted octanol–water partition coefficient (Wildman–Crippen LogP) is 1.03. The maximum absolute atomic E-state index is 12.5. The van der Waals surface area contributed by atoms with Crippen LogP contribution in [0.1, 0.15) is 39.5 Å². The van der Waals surface area contributed by atoms with Gasteiger partial charge in [-0.1, -0.05) is 12.8 Å². The molecule has 0 aliphatic heterocycles. The Morgan fingerprint density at radius 3 is 2.21 bits per heavy atom. The summed E-state index contributed by atoms with van der Waals surface area (Å²) in [7, 11) is 3.90. The molecule has 0 aromatic rings. The van der Waals surface area contributed by atoms with Gasteiger partial charge in [0.15, 0.2) is 0 Å². The lowest BCUT2D eigenvalue weighted by atomic mass is 9.76. The van der Waals surface area contributed by atoms with Crippen LogP contribution in [0, 0.1) is 11.8 Å². The van der Waals surface area contributed by atoms with Gasteiger partial charge in [-0.2, -0.15) is 0 Å². The highest BCUT2D eigenvalue weighted by Gasteiger charge is 2.36. The van der Waals surface area contributed by atoms with E-state index in [1.807, 2.05) is 25.9 Å². The molecule has 0 radical (unpaired) electrons. The Labute approximate surface area is 116 Å². The number of amides is 1. The molecule has 5 heteroatoms. The first kappa shape index (κ1) is 16.1. The average Bonchev–Trinajstić information content (AvgIpc) is 2.36. The zero-order valence-corrected chi connectivity index (χ0v) is 12.6. The van der Waals surface area contributed by atoms with E-state index in [0.717, 1.165) is 32.2 Å². The molecule has 0 aromatic carbocycles. The Hall–Kier alpha value is -0.940. The first-order valence-electron chi connectivity index (χ1n) is 7.07. The fraction of sp³-hybridized carbons (Fsp3) is 0.857. The topological polar surface area (TPSA) is 66.6 Å². The number of nitrogens with zero attached hydrogens (tertiary/aromatic N) is 2. The molecule has 2 N–H and O–H groups in total. The number of rotatable bonds is 5. The average molecular weight is 269 g/mol. The summed E-state index contributed by atoms with van der Waals surface area (Å²) < 4.78 is 0. The molecule has 0 spiro atoms. The van der Waals surface area contributed by atoms with Crippen molar-refractivity contribution in [2.75, 3.05) is 20.6 Å². The lowest BCUT2D eigenvalue weighted by molar-refractivity contribution is -0.144. The van der Waals surface area contributed by atoms with E-state index in [4.69, 9.17) is 5.84 Å². The lowest BCUT2D eigenvalue weighted by Crippen LogP contribution is -2.52. The van der Waals surface area contributed by atoms with Crippen molar-refractivity contribution in [3.05, 3.63) is 0 Å². The second-order valence-electron chi connectivity index (χ2n) is 5.96. The molecule has 19 heavy (non-hydrogen) atoms. The van der Waals surface area contributed by atoms with Crippen molar-refractivity contribution in [1.82, 2.24) is 9.91 Å². The number of Topliss-reactive ketones (excluding diaryl/α,β-unsaturated/α-hetero) is 1. The molecule has 1 rings (SSSR count). The highest BCUT2D eigenvalue weighted by atomic mass is 16.2. The predicted molar refractivity (Wildman–Crippen MR) is 75.2 cm³/mol. The number of likely N-dealkylation sites (N-methyl/N-ethyl adjacent to an activating group) is 1. The van der Waals surface area contributed by atoms with Crippen LogP contribution in [-0.4, -0.2) is 48.3 Å². The second kappa shape index (κ2) is 7.01. The van der Waals surface area contributed by atoms with Crippen LogP contribution in [0.5, 0.6) is 0 Å². The number of hydrogen-bond acceptors (Lipinski definition) is 4. The molecule has 0 bridgehead atoms. The summed E-state index contributed by atoms with van der Waals surface area (Å²) in [4.78, 5) is 26.1. The molecule has 0 heterocycles. The molecule has 1 saturated carbocycles. The van der Waals surface area contributed by atoms with Gasteiger partial charge in [0.25, 0.3) is 0 Å². The maximum Gasteiger partial charge on any atom is 0.240 e. The van der Waals surface area contributed by atoms with Crippen molar-refractivity contribution in [1.29, 1.82) is 0 Å². The van der Waals surface area contributed by atoms with E-state index in [0.29, 0.717) is 0 Å². The third-order valence-corrected chi connectivity index (χ3v) is 3.96. The van der Waals surface area contributed by atoms with Gasteiger partial charge in [-0.3, -0.25) is 14.6 Å². The lowest BCUT2D eigenvalue weighted by Gasteiger charge is -2.34. The van der Waals surface area contributed by atoms with Gasteiger partial charge in [0.1, 0.15) is 5.78 Å². The van der Waals surface area contributed by atoms with Crippen LogP contribution in [0.3, 0.4) is 0 Å². The fourth-order valence-electron chi connectivity index (χ4n) is 2.94. The number of hydrogen-bond donors (Lipinski definition) is 1. The minimum Gasteiger partial charge on any atom is -0.307 e. The van der Waals surface area contributed by atoms with Gasteiger partial charge in [0.05, 0.1) is 6.04 Å². The summed E-state index contributed by atoms with van der Waals surface area (Å²) in [5, 5.41) is 1.33. The van der Waals surface area contributed by atoms with E-state index in [2.05, 4.69) is 0 Å². The van der Waals surface area contributed by atoms with Crippen molar-refractivity contribution in [3.8, 4) is 0 Å². The summed E-state index contributed by atoms with van der Waals surface area (Å²) in [5.41, 5.74) is 0. The van der Waals surface area contributed by atoms with E-state index in [9.17, 15) is 9.59 Å². The minimum absolute atomic E-state index is 0.0444. The number of nitrogens with two attached hydrogens (primary N) is 1. The van der Waals surface area contributed by atoms with E-state index < -0.39 is 0 Å². The van der Waals surface area contributed by atoms with Gasteiger partial charge < -0.3 is 4.90 Å². The number of carbonyl (C=O) groups is 2. The summed E-state index contributed by atoms with van der Waals surface area (Å²) in [5.74, 6) is 5.63. The highest BCUT2D eigenvalue weighted by Crippen LogP contribution is 2.32. The monoisotopic (exact) mass is 269 g/mol. The van der Waals surface area contributed by atoms with Crippen LogP contribution < -0.4 is 5.84 Å². The Balaban J connectivity index is 2.70. The van der Waals surface area contributed by atoms with E-state index in [1.54, 1.807) is 6.92 Å². The SMILES string of the molecule is CC(=O)[C@H]1CCCC[C@H]1C(=O)N(N)C(C)CN(C)C. The zero-order chi connectivity index (χ0) is 14.6. The number of hydrazine groups is 1. The van der Waals surface area contributed by atoms with Gasteiger partial charge >= 0.3 is 0 Å². The Morgan fingerprint density at radius 1 is 1.21 bits per heavy atom. The molecule has 1 fully saturated rings. The molecule has 0 aromatic heterocycles. The molecule has 1 unspecified atom stereocenters. The minimum atomic E-state index is -0.221. The van der Waals surface area contributed by atoms with Crippen LogP contribution >= 0.6 is 0 Å². The van der Waals surface area contributed by atoms with E-state index in [1.165, 1.54) is 5.01 Å². The van der Waals surface area contributed by atoms with Crippen molar-refractivity contribution >= 4 is 11.7 Å². The molecular formula is C14H27N3O2. The van der Waals surface area contributed by atoms with Crippen molar-refractivity contribution in [3.63, 3.8) is 0 Å². The van der Waals surface area contributed by atoms with Gasteiger partial charge in [0, 0.05) is 18.4 Å². The Kier molecular flexibility index (Phi) is 5.94.